The van der Waals surface area contributed by atoms with Gasteiger partial charge in [-0.2, -0.15) is 0 Å². The van der Waals surface area contributed by atoms with Gasteiger partial charge in [-0.15, -0.1) is 0 Å². The van der Waals surface area contributed by atoms with E-state index in [1.807, 2.05) is 12.1 Å². The van der Waals surface area contributed by atoms with Crippen LogP contribution < -0.4 is 18.9 Å². The largest absolute Gasteiger partial charge is 0.497 e. The van der Waals surface area contributed by atoms with Crippen molar-refractivity contribution in [3.8, 4) is 23.0 Å². The van der Waals surface area contributed by atoms with E-state index in [9.17, 15) is 25.2 Å². The average Bonchev–Trinajstić information content (AvgIpc) is 2.86. The number of methoxy groups -OCH3 is 2. The minimum absolute atomic E-state index is 0.0373. The van der Waals surface area contributed by atoms with Gasteiger partial charge >= 0.3 is 0 Å². The summed E-state index contributed by atoms with van der Waals surface area (Å²) in [5, 5.41) is 40.2. The van der Waals surface area contributed by atoms with Gasteiger partial charge in [-0.1, -0.05) is 12.1 Å². The zero-order valence-electron chi connectivity index (χ0n) is 19.9. The van der Waals surface area contributed by atoms with Gasteiger partial charge in [-0.05, 0) is 31.5 Å². The number of Topliss-reactive ketones (excluding diaryl/α,β-unsaturated/α-hetero) is 1. The Hall–Kier alpha value is -2.89. The number of carbonyl (C=O) groups excluding carboxylic acids is 1. The van der Waals surface area contributed by atoms with Crippen LogP contribution in [0.25, 0.3) is 0 Å². The van der Waals surface area contributed by atoms with Crippen LogP contribution in [0.5, 0.6) is 23.0 Å². The number of rotatable bonds is 6. The van der Waals surface area contributed by atoms with Crippen molar-refractivity contribution in [2.75, 3.05) is 20.8 Å². The van der Waals surface area contributed by atoms with Gasteiger partial charge < -0.3 is 44.1 Å². The number of aliphatic hydroxyl groups excluding tert-OH is 4. The summed E-state index contributed by atoms with van der Waals surface area (Å²) < 4.78 is 28.5. The lowest BCUT2D eigenvalue weighted by Crippen LogP contribution is -2.60. The van der Waals surface area contributed by atoms with Crippen molar-refractivity contribution < 1.29 is 48.9 Å². The zero-order valence-corrected chi connectivity index (χ0v) is 19.9. The monoisotopic (exact) mass is 490 g/mol. The Kier molecular flexibility index (Phi) is 7.20. The van der Waals surface area contributed by atoms with E-state index in [0.717, 1.165) is 5.56 Å². The first-order valence-corrected chi connectivity index (χ1v) is 11.2. The summed E-state index contributed by atoms with van der Waals surface area (Å²) in [7, 11) is 3.05. The first-order valence-electron chi connectivity index (χ1n) is 11.2. The van der Waals surface area contributed by atoms with Crippen LogP contribution in [0.15, 0.2) is 24.3 Å². The van der Waals surface area contributed by atoms with Crippen LogP contribution in [0.1, 0.15) is 39.6 Å². The van der Waals surface area contributed by atoms with Gasteiger partial charge in [-0.25, -0.2) is 0 Å². The van der Waals surface area contributed by atoms with Gasteiger partial charge in [0, 0.05) is 11.1 Å². The summed E-state index contributed by atoms with van der Waals surface area (Å²) >= 11 is 0. The molecule has 2 aromatic rings. The number of ketones is 1. The third kappa shape index (κ3) is 4.43. The first-order chi connectivity index (χ1) is 16.7. The minimum Gasteiger partial charge on any atom is -0.497 e. The van der Waals surface area contributed by atoms with Crippen molar-refractivity contribution in [1.29, 1.82) is 0 Å². The standard InChI is InChI=1S/C25H30O10/c1-11-22(32-4)12(2)24(35-25-21(30)20(29)19(28)17(10-26)34-25)18-15(27)9-16(33-23(11)18)13-5-7-14(31-3)8-6-13/h5-8,16-17,19-21,25-26,28-30H,9-10H2,1-4H3/t16-,17-,19-,20-,21+,25-/m0/s1. The van der Waals surface area contributed by atoms with Crippen LogP contribution in [0, 0.1) is 13.8 Å². The van der Waals surface area contributed by atoms with Crippen LogP contribution in [-0.4, -0.2) is 77.7 Å². The summed E-state index contributed by atoms with van der Waals surface area (Å²) in [6.45, 7) is 2.85. The van der Waals surface area contributed by atoms with E-state index in [0.29, 0.717) is 22.6 Å². The maximum Gasteiger partial charge on any atom is 0.229 e. The third-order valence-corrected chi connectivity index (χ3v) is 6.50. The van der Waals surface area contributed by atoms with Crippen molar-refractivity contribution in [3.05, 3.63) is 46.5 Å². The Morgan fingerprint density at radius 2 is 1.63 bits per heavy atom. The van der Waals surface area contributed by atoms with Crippen LogP contribution in [0.2, 0.25) is 0 Å². The number of fused-ring (bicyclic) bond motifs is 1. The number of hydrogen-bond donors (Lipinski definition) is 4. The smallest absolute Gasteiger partial charge is 0.229 e. The number of hydrogen-bond acceptors (Lipinski definition) is 10. The Morgan fingerprint density at radius 1 is 0.943 bits per heavy atom. The lowest BCUT2D eigenvalue weighted by Gasteiger charge is -2.40. The topological polar surface area (TPSA) is 144 Å². The fourth-order valence-electron chi connectivity index (χ4n) is 4.56. The highest BCUT2D eigenvalue weighted by Crippen LogP contribution is 2.48. The molecule has 10 nitrogen and oxygen atoms in total. The Morgan fingerprint density at radius 3 is 2.23 bits per heavy atom. The van der Waals surface area contributed by atoms with E-state index < -0.39 is 43.4 Å². The molecule has 2 aliphatic heterocycles. The molecule has 0 amide bonds. The number of ether oxygens (including phenoxy) is 5. The van der Waals surface area contributed by atoms with Crippen molar-refractivity contribution in [2.24, 2.45) is 0 Å². The Labute approximate surface area is 202 Å². The lowest BCUT2D eigenvalue weighted by molar-refractivity contribution is -0.277. The fraction of sp³-hybridized carbons (Fsp3) is 0.480. The van der Waals surface area contributed by atoms with Gasteiger partial charge in [0.05, 0.1) is 27.2 Å². The predicted molar refractivity (Wildman–Crippen MR) is 122 cm³/mol. The highest BCUT2D eigenvalue weighted by molar-refractivity contribution is 6.04. The molecule has 2 aliphatic rings. The summed E-state index contributed by atoms with van der Waals surface area (Å²) in [5.74, 6) is 1.21. The molecule has 0 aromatic heterocycles. The van der Waals surface area contributed by atoms with Crippen molar-refractivity contribution >= 4 is 5.78 Å². The first kappa shape index (κ1) is 25.2. The molecule has 1 saturated heterocycles. The minimum atomic E-state index is -1.64. The highest BCUT2D eigenvalue weighted by Gasteiger charge is 2.46. The number of aliphatic hydroxyl groups is 4. The van der Waals surface area contributed by atoms with Crippen LogP contribution in [0.4, 0.5) is 0 Å². The average molecular weight is 491 g/mol. The Bertz CT molecular complexity index is 1080. The van der Waals surface area contributed by atoms with Crippen molar-refractivity contribution in [3.63, 3.8) is 0 Å². The second kappa shape index (κ2) is 10.00. The molecule has 0 bridgehead atoms. The molecular weight excluding hydrogens is 460 g/mol. The molecule has 4 N–H and O–H groups in total. The molecule has 1 fully saturated rings. The van der Waals surface area contributed by atoms with Crippen LogP contribution in [0.3, 0.4) is 0 Å². The fourth-order valence-corrected chi connectivity index (χ4v) is 4.56. The molecule has 0 spiro atoms. The second-order valence-corrected chi connectivity index (χ2v) is 8.64. The highest BCUT2D eigenvalue weighted by atomic mass is 16.7. The molecule has 10 heteroatoms. The van der Waals surface area contributed by atoms with Gasteiger partial charge in [0.25, 0.3) is 0 Å². The quantitative estimate of drug-likeness (QED) is 0.466. The molecule has 0 saturated carbocycles. The molecule has 190 valence electrons. The van der Waals surface area contributed by atoms with E-state index in [4.69, 9.17) is 23.7 Å². The van der Waals surface area contributed by atoms with Crippen molar-refractivity contribution in [1.82, 2.24) is 0 Å². The molecule has 0 radical (unpaired) electrons. The van der Waals surface area contributed by atoms with Crippen LogP contribution in [-0.2, 0) is 4.74 Å². The molecular formula is C25H30O10. The number of carbonyl (C=O) groups is 1. The molecule has 4 rings (SSSR count). The van der Waals surface area contributed by atoms with E-state index in [1.54, 1.807) is 33.1 Å². The van der Waals surface area contributed by atoms with Crippen LogP contribution >= 0.6 is 0 Å². The van der Waals surface area contributed by atoms with Crippen molar-refractivity contribution in [2.45, 2.75) is 57.1 Å². The second-order valence-electron chi connectivity index (χ2n) is 8.64. The molecule has 35 heavy (non-hydrogen) atoms. The summed E-state index contributed by atoms with van der Waals surface area (Å²) in [5.41, 5.74) is 2.04. The Balaban J connectivity index is 1.74. The van der Waals surface area contributed by atoms with E-state index >= 15 is 0 Å². The van der Waals surface area contributed by atoms with Gasteiger partial charge in [-0.3, -0.25) is 4.79 Å². The third-order valence-electron chi connectivity index (χ3n) is 6.50. The lowest BCUT2D eigenvalue weighted by atomic mass is 9.91. The SMILES string of the molecule is COc1ccc([C@@H]2CC(=O)c3c(O[C@@H]4O[C@@H](CO)[C@H](O)[C@H](O)[C@H]4O)c(C)c(OC)c(C)c3O2)cc1. The van der Waals surface area contributed by atoms with E-state index in [-0.39, 0.29) is 29.3 Å². The maximum absolute atomic E-state index is 13.4. The predicted octanol–water partition coefficient (Wildman–Crippen LogP) is 1.21. The van der Waals surface area contributed by atoms with Gasteiger partial charge in [0.1, 0.15) is 59.1 Å². The molecule has 2 aromatic carbocycles. The van der Waals surface area contributed by atoms with Gasteiger partial charge in [0.15, 0.2) is 5.78 Å². The summed E-state index contributed by atoms with van der Waals surface area (Å²) in [4.78, 5) is 13.4. The molecule has 6 atom stereocenters. The zero-order chi connectivity index (χ0) is 25.4. The van der Waals surface area contributed by atoms with E-state index in [1.165, 1.54) is 7.11 Å². The summed E-state index contributed by atoms with van der Waals surface area (Å²) in [6, 6.07) is 7.23. The molecule has 2 heterocycles. The number of benzene rings is 2. The molecule has 0 unspecified atom stereocenters. The van der Waals surface area contributed by atoms with Gasteiger partial charge in [0.2, 0.25) is 6.29 Å². The normalized spacial score (nSPS) is 28.2. The van der Waals surface area contributed by atoms with E-state index in [2.05, 4.69) is 0 Å². The summed E-state index contributed by atoms with van der Waals surface area (Å²) in [6.07, 6.45) is -7.93. The molecule has 0 aliphatic carbocycles. The maximum atomic E-state index is 13.4.